The smallest absolute Gasteiger partial charge is 0.306 e. The van der Waals surface area contributed by atoms with E-state index >= 15 is 0 Å². The predicted octanol–water partition coefficient (Wildman–Crippen LogP) is 11.3. The maximum Gasteiger partial charge on any atom is 0.306 e. The van der Waals surface area contributed by atoms with Gasteiger partial charge in [-0.3, -0.25) is 4.79 Å². The van der Waals surface area contributed by atoms with E-state index in [0.717, 1.165) is 19.3 Å². The van der Waals surface area contributed by atoms with Crippen LogP contribution in [0.1, 0.15) is 200 Å². The fourth-order valence-electron chi connectivity index (χ4n) is 5.45. The molecule has 0 aliphatic rings. The molecular formula is C36H72O4. The van der Waals surface area contributed by atoms with Crippen LogP contribution in [0.25, 0.3) is 0 Å². The highest BCUT2D eigenvalue weighted by Gasteiger charge is 2.13. The van der Waals surface area contributed by atoms with E-state index in [2.05, 4.69) is 13.8 Å². The molecule has 0 fully saturated rings. The third-order valence-corrected chi connectivity index (χ3v) is 8.18. The maximum absolute atomic E-state index is 12.1. The third kappa shape index (κ3) is 31.9. The summed E-state index contributed by atoms with van der Waals surface area (Å²) in [5.74, 6) is -0.198. The average molecular weight is 569 g/mol. The fraction of sp³-hybridized carbons (Fsp3) is 0.972. The lowest BCUT2D eigenvalue weighted by atomic mass is 10.0. The van der Waals surface area contributed by atoms with Crippen LogP contribution in [0.4, 0.5) is 0 Å². The number of aliphatic hydroxyl groups excluding tert-OH is 1. The highest BCUT2D eigenvalue weighted by Crippen LogP contribution is 2.15. The van der Waals surface area contributed by atoms with Gasteiger partial charge < -0.3 is 14.6 Å². The molecule has 0 aliphatic carbocycles. The Bertz CT molecular complexity index is 481. The fourth-order valence-corrected chi connectivity index (χ4v) is 5.45. The van der Waals surface area contributed by atoms with Gasteiger partial charge in [0.15, 0.2) is 0 Å². The molecule has 0 aliphatic heterocycles. The zero-order valence-electron chi connectivity index (χ0n) is 27.4. The molecule has 240 valence electrons. The number of rotatable bonds is 34. The third-order valence-electron chi connectivity index (χ3n) is 8.18. The summed E-state index contributed by atoms with van der Waals surface area (Å²) in [6, 6.07) is 0. The van der Waals surface area contributed by atoms with E-state index in [-0.39, 0.29) is 12.6 Å². The molecule has 0 aromatic carbocycles. The van der Waals surface area contributed by atoms with Gasteiger partial charge >= 0.3 is 5.97 Å². The summed E-state index contributed by atoms with van der Waals surface area (Å²) in [6.45, 7) is 5.37. The van der Waals surface area contributed by atoms with E-state index in [1.165, 1.54) is 161 Å². The van der Waals surface area contributed by atoms with Crippen LogP contribution in [0.15, 0.2) is 0 Å². The SMILES string of the molecule is CCCCCCCCCCCCCCCCCCCOCC(CO)OC(=O)CCCCCCCCCCCCC. The lowest BCUT2D eigenvalue weighted by Crippen LogP contribution is -2.27. The Balaban J connectivity index is 3.36. The van der Waals surface area contributed by atoms with Gasteiger partial charge in [-0.1, -0.05) is 181 Å². The van der Waals surface area contributed by atoms with E-state index < -0.39 is 6.10 Å². The second-order valence-corrected chi connectivity index (χ2v) is 12.3. The standard InChI is InChI=1S/C36H72O4/c1-3-5-7-9-11-13-15-16-17-18-19-20-22-24-26-28-30-32-39-34-35(33-37)40-36(38)31-29-27-25-23-21-14-12-10-8-6-4-2/h35,37H,3-34H2,1-2H3. The number of ether oxygens (including phenoxy) is 2. The molecule has 0 amide bonds. The number of unbranched alkanes of at least 4 members (excludes halogenated alkanes) is 26. The second-order valence-electron chi connectivity index (χ2n) is 12.3. The Morgan fingerprint density at radius 2 is 0.825 bits per heavy atom. The van der Waals surface area contributed by atoms with Crippen LogP contribution in [-0.4, -0.2) is 37.0 Å². The zero-order chi connectivity index (χ0) is 29.2. The van der Waals surface area contributed by atoms with Crippen molar-refractivity contribution in [2.75, 3.05) is 19.8 Å². The van der Waals surface area contributed by atoms with Gasteiger partial charge in [0, 0.05) is 13.0 Å². The van der Waals surface area contributed by atoms with Crippen LogP contribution in [0, 0.1) is 0 Å². The molecule has 0 rings (SSSR count). The minimum atomic E-state index is -0.522. The van der Waals surface area contributed by atoms with E-state index in [0.29, 0.717) is 19.6 Å². The molecule has 0 radical (unpaired) electrons. The minimum Gasteiger partial charge on any atom is -0.457 e. The molecule has 4 nitrogen and oxygen atoms in total. The van der Waals surface area contributed by atoms with Crippen LogP contribution in [0.2, 0.25) is 0 Å². The molecule has 0 spiro atoms. The lowest BCUT2D eigenvalue weighted by Gasteiger charge is -2.16. The molecule has 0 aromatic rings. The van der Waals surface area contributed by atoms with Crippen molar-refractivity contribution in [1.29, 1.82) is 0 Å². The first-order valence-corrected chi connectivity index (χ1v) is 18.1. The van der Waals surface area contributed by atoms with Gasteiger partial charge in [-0.2, -0.15) is 0 Å². The highest BCUT2D eigenvalue weighted by atomic mass is 16.6. The van der Waals surface area contributed by atoms with Gasteiger partial charge in [-0.15, -0.1) is 0 Å². The molecule has 0 saturated heterocycles. The Morgan fingerprint density at radius 1 is 0.500 bits per heavy atom. The molecule has 4 heteroatoms. The van der Waals surface area contributed by atoms with Crippen LogP contribution in [-0.2, 0) is 14.3 Å². The van der Waals surface area contributed by atoms with Crippen molar-refractivity contribution in [3.05, 3.63) is 0 Å². The van der Waals surface area contributed by atoms with Crippen molar-refractivity contribution < 1.29 is 19.4 Å². The van der Waals surface area contributed by atoms with Gasteiger partial charge in [0.25, 0.3) is 0 Å². The van der Waals surface area contributed by atoms with Crippen molar-refractivity contribution in [3.63, 3.8) is 0 Å². The number of carbonyl (C=O) groups excluding carboxylic acids is 1. The Labute approximate surface area is 251 Å². The first kappa shape index (κ1) is 39.4. The molecule has 1 N–H and O–H groups in total. The number of hydrogen-bond acceptors (Lipinski definition) is 4. The van der Waals surface area contributed by atoms with E-state index in [1.54, 1.807) is 0 Å². The first-order chi connectivity index (χ1) is 19.7. The summed E-state index contributed by atoms with van der Waals surface area (Å²) >= 11 is 0. The predicted molar refractivity (Wildman–Crippen MR) is 173 cm³/mol. The number of aliphatic hydroxyl groups is 1. The normalized spacial score (nSPS) is 12.2. The topological polar surface area (TPSA) is 55.8 Å². The molecule has 1 unspecified atom stereocenters. The van der Waals surface area contributed by atoms with Crippen molar-refractivity contribution >= 4 is 5.97 Å². The second kappa shape index (κ2) is 34.6. The van der Waals surface area contributed by atoms with E-state index in [9.17, 15) is 9.90 Å². The number of hydrogen-bond donors (Lipinski definition) is 1. The maximum atomic E-state index is 12.1. The molecule has 0 bridgehead atoms. The van der Waals surface area contributed by atoms with E-state index in [4.69, 9.17) is 9.47 Å². The molecular weight excluding hydrogens is 496 g/mol. The van der Waals surface area contributed by atoms with Crippen LogP contribution in [0.5, 0.6) is 0 Å². The van der Waals surface area contributed by atoms with Gasteiger partial charge in [-0.25, -0.2) is 0 Å². The van der Waals surface area contributed by atoms with Gasteiger partial charge in [-0.05, 0) is 12.8 Å². The summed E-state index contributed by atoms with van der Waals surface area (Å²) in [4.78, 5) is 12.1. The summed E-state index contributed by atoms with van der Waals surface area (Å²) in [7, 11) is 0. The van der Waals surface area contributed by atoms with Crippen molar-refractivity contribution in [2.45, 2.75) is 206 Å². The molecule has 0 heterocycles. The van der Waals surface area contributed by atoms with Gasteiger partial charge in [0.1, 0.15) is 6.10 Å². The highest BCUT2D eigenvalue weighted by molar-refractivity contribution is 5.69. The molecule has 0 aromatic heterocycles. The van der Waals surface area contributed by atoms with Crippen LogP contribution >= 0.6 is 0 Å². The zero-order valence-corrected chi connectivity index (χ0v) is 27.4. The molecule has 0 saturated carbocycles. The van der Waals surface area contributed by atoms with E-state index in [1.807, 2.05) is 0 Å². The Hall–Kier alpha value is -0.610. The number of carbonyl (C=O) groups is 1. The average Bonchev–Trinajstić information content (AvgIpc) is 2.96. The molecule has 40 heavy (non-hydrogen) atoms. The quantitative estimate of drug-likeness (QED) is 0.0619. The Kier molecular flexibility index (Phi) is 34.1. The first-order valence-electron chi connectivity index (χ1n) is 18.1. The van der Waals surface area contributed by atoms with Gasteiger partial charge in [0.05, 0.1) is 13.2 Å². The summed E-state index contributed by atoms with van der Waals surface area (Å²) in [5.41, 5.74) is 0. The van der Waals surface area contributed by atoms with Crippen molar-refractivity contribution in [2.24, 2.45) is 0 Å². The summed E-state index contributed by atoms with van der Waals surface area (Å²) in [5, 5.41) is 9.53. The van der Waals surface area contributed by atoms with Crippen molar-refractivity contribution in [1.82, 2.24) is 0 Å². The number of esters is 1. The lowest BCUT2D eigenvalue weighted by molar-refractivity contribution is -0.154. The largest absolute Gasteiger partial charge is 0.457 e. The Morgan fingerprint density at radius 3 is 1.18 bits per heavy atom. The monoisotopic (exact) mass is 569 g/mol. The van der Waals surface area contributed by atoms with Gasteiger partial charge in [0.2, 0.25) is 0 Å². The minimum absolute atomic E-state index is 0.164. The molecule has 1 atom stereocenters. The van der Waals surface area contributed by atoms with Crippen molar-refractivity contribution in [3.8, 4) is 0 Å². The summed E-state index contributed by atoms with van der Waals surface area (Å²) in [6.07, 6.45) is 37.1. The summed E-state index contributed by atoms with van der Waals surface area (Å²) < 4.78 is 11.1. The van der Waals surface area contributed by atoms with Crippen LogP contribution < -0.4 is 0 Å². The van der Waals surface area contributed by atoms with Crippen LogP contribution in [0.3, 0.4) is 0 Å².